The minimum atomic E-state index is -0.106. The summed E-state index contributed by atoms with van der Waals surface area (Å²) < 4.78 is 0. The first-order chi connectivity index (χ1) is 7.00. The third-order valence-corrected chi connectivity index (χ3v) is 2.76. The number of rotatable bonds is 5. The Labute approximate surface area is 90.8 Å². The van der Waals surface area contributed by atoms with Gasteiger partial charge in [-0.1, -0.05) is 13.8 Å². The zero-order chi connectivity index (χ0) is 11.4. The average molecular weight is 212 g/mol. The van der Waals surface area contributed by atoms with E-state index in [1.54, 1.807) is 0 Å². The van der Waals surface area contributed by atoms with Gasteiger partial charge >= 0.3 is 0 Å². The molecule has 0 radical (unpaired) electrons. The fourth-order valence-electron chi connectivity index (χ4n) is 1.13. The molecule has 0 aromatic rings. The van der Waals surface area contributed by atoms with E-state index in [1.807, 2.05) is 20.8 Å². The van der Waals surface area contributed by atoms with Crippen LogP contribution in [-0.2, 0) is 9.59 Å². The maximum absolute atomic E-state index is 11.4. The van der Waals surface area contributed by atoms with Gasteiger partial charge in [-0.05, 0) is 25.7 Å². The predicted molar refractivity (Wildman–Crippen MR) is 58.2 cm³/mol. The van der Waals surface area contributed by atoms with Gasteiger partial charge in [0.2, 0.25) is 11.8 Å². The van der Waals surface area contributed by atoms with Gasteiger partial charge in [-0.25, -0.2) is 0 Å². The third-order valence-electron chi connectivity index (χ3n) is 2.76. The first-order valence-electron chi connectivity index (χ1n) is 5.57. The van der Waals surface area contributed by atoms with Crippen LogP contribution in [0, 0.1) is 11.8 Å². The van der Waals surface area contributed by atoms with Crippen LogP contribution in [0.4, 0.5) is 0 Å². The molecule has 0 spiro atoms. The first-order valence-corrected chi connectivity index (χ1v) is 5.57. The van der Waals surface area contributed by atoms with Crippen molar-refractivity contribution in [2.75, 3.05) is 6.54 Å². The zero-order valence-electron chi connectivity index (χ0n) is 9.67. The van der Waals surface area contributed by atoms with Crippen LogP contribution in [0.15, 0.2) is 0 Å². The van der Waals surface area contributed by atoms with Crippen LogP contribution in [0.25, 0.3) is 0 Å². The van der Waals surface area contributed by atoms with Gasteiger partial charge < -0.3 is 10.6 Å². The van der Waals surface area contributed by atoms with Crippen molar-refractivity contribution in [2.45, 2.75) is 39.7 Å². The van der Waals surface area contributed by atoms with Crippen molar-refractivity contribution < 1.29 is 9.59 Å². The van der Waals surface area contributed by atoms with E-state index in [1.165, 1.54) is 0 Å². The molecule has 0 heterocycles. The lowest BCUT2D eigenvalue weighted by Gasteiger charge is -2.17. The fraction of sp³-hybridized carbons (Fsp3) is 0.818. The van der Waals surface area contributed by atoms with Crippen molar-refractivity contribution >= 4 is 11.8 Å². The smallest absolute Gasteiger partial charge is 0.239 e. The molecule has 0 saturated heterocycles. The van der Waals surface area contributed by atoms with Gasteiger partial charge in [-0.2, -0.15) is 0 Å². The topological polar surface area (TPSA) is 58.2 Å². The first kappa shape index (κ1) is 12.0. The van der Waals surface area contributed by atoms with Crippen LogP contribution in [-0.4, -0.2) is 24.4 Å². The van der Waals surface area contributed by atoms with Crippen molar-refractivity contribution in [2.24, 2.45) is 11.8 Å². The van der Waals surface area contributed by atoms with Crippen molar-refractivity contribution in [1.29, 1.82) is 0 Å². The molecular weight excluding hydrogens is 192 g/mol. The van der Waals surface area contributed by atoms with E-state index in [2.05, 4.69) is 10.6 Å². The molecule has 0 bridgehead atoms. The van der Waals surface area contributed by atoms with Crippen molar-refractivity contribution in [3.63, 3.8) is 0 Å². The molecule has 1 fully saturated rings. The van der Waals surface area contributed by atoms with Gasteiger partial charge in [-0.3, -0.25) is 9.59 Å². The summed E-state index contributed by atoms with van der Waals surface area (Å²) in [5.41, 5.74) is 0. The Balaban J connectivity index is 2.15. The minimum Gasteiger partial charge on any atom is -0.352 e. The van der Waals surface area contributed by atoms with Crippen molar-refractivity contribution in [3.05, 3.63) is 0 Å². The number of carbonyl (C=O) groups is 2. The van der Waals surface area contributed by atoms with Gasteiger partial charge in [0, 0.05) is 12.0 Å². The van der Waals surface area contributed by atoms with E-state index in [9.17, 15) is 9.59 Å². The molecule has 2 amide bonds. The standard InChI is InChI=1S/C11H20N2O2/c1-7(2)8(3)13-10(14)6-12-11(15)9-4-5-9/h7-9H,4-6H2,1-3H3,(H,12,15)(H,13,14). The molecule has 15 heavy (non-hydrogen) atoms. The lowest BCUT2D eigenvalue weighted by molar-refractivity contribution is -0.127. The van der Waals surface area contributed by atoms with Gasteiger partial charge in [0.05, 0.1) is 6.54 Å². The SMILES string of the molecule is CC(C)C(C)NC(=O)CNC(=O)C1CC1. The Morgan fingerprint density at radius 3 is 2.33 bits per heavy atom. The third kappa shape index (κ3) is 4.32. The second kappa shape index (κ2) is 5.14. The van der Waals surface area contributed by atoms with Crippen LogP contribution in [0.1, 0.15) is 33.6 Å². The Hall–Kier alpha value is -1.06. The molecule has 1 aliphatic carbocycles. The normalized spacial score (nSPS) is 17.3. The summed E-state index contributed by atoms with van der Waals surface area (Å²) in [5.74, 6) is 0.487. The quantitative estimate of drug-likeness (QED) is 0.704. The Morgan fingerprint density at radius 1 is 1.27 bits per heavy atom. The highest BCUT2D eigenvalue weighted by Gasteiger charge is 2.29. The van der Waals surface area contributed by atoms with E-state index < -0.39 is 0 Å². The van der Waals surface area contributed by atoms with Crippen molar-refractivity contribution in [1.82, 2.24) is 10.6 Å². The molecule has 0 aliphatic heterocycles. The fourth-order valence-corrected chi connectivity index (χ4v) is 1.13. The molecule has 1 atom stereocenters. The van der Waals surface area contributed by atoms with Gasteiger partial charge in [-0.15, -0.1) is 0 Å². The highest BCUT2D eigenvalue weighted by molar-refractivity contribution is 5.86. The Kier molecular flexibility index (Phi) is 4.12. The Bertz CT molecular complexity index is 247. The van der Waals surface area contributed by atoms with Crippen LogP contribution >= 0.6 is 0 Å². The minimum absolute atomic E-state index is 0.0161. The average Bonchev–Trinajstić information content (AvgIpc) is 2.96. The van der Waals surface area contributed by atoms with E-state index in [-0.39, 0.29) is 30.3 Å². The molecule has 4 heteroatoms. The molecular formula is C11H20N2O2. The largest absolute Gasteiger partial charge is 0.352 e. The van der Waals surface area contributed by atoms with E-state index in [0.29, 0.717) is 5.92 Å². The van der Waals surface area contributed by atoms with Crippen LogP contribution in [0.3, 0.4) is 0 Å². The highest BCUT2D eigenvalue weighted by Crippen LogP contribution is 2.28. The summed E-state index contributed by atoms with van der Waals surface area (Å²) in [6.07, 6.45) is 1.94. The molecule has 1 rings (SSSR count). The molecule has 0 aromatic carbocycles. The van der Waals surface area contributed by atoms with Crippen LogP contribution < -0.4 is 10.6 Å². The molecule has 4 nitrogen and oxygen atoms in total. The second-order valence-electron chi connectivity index (χ2n) is 4.59. The summed E-state index contributed by atoms with van der Waals surface area (Å²) >= 11 is 0. The van der Waals surface area contributed by atoms with Crippen molar-refractivity contribution in [3.8, 4) is 0 Å². The van der Waals surface area contributed by atoms with Gasteiger partial charge in [0.15, 0.2) is 0 Å². The summed E-state index contributed by atoms with van der Waals surface area (Å²) in [6, 6.07) is 0.148. The summed E-state index contributed by atoms with van der Waals surface area (Å²) in [6.45, 7) is 6.17. The number of carbonyl (C=O) groups excluding carboxylic acids is 2. The summed E-state index contributed by atoms with van der Waals surface area (Å²) in [4.78, 5) is 22.6. The number of hydrogen-bond acceptors (Lipinski definition) is 2. The molecule has 1 aliphatic rings. The number of hydrogen-bond donors (Lipinski definition) is 2. The maximum Gasteiger partial charge on any atom is 0.239 e. The number of nitrogens with one attached hydrogen (secondary N) is 2. The molecule has 0 aromatic heterocycles. The highest BCUT2D eigenvalue weighted by atomic mass is 16.2. The van der Waals surface area contributed by atoms with E-state index in [4.69, 9.17) is 0 Å². The maximum atomic E-state index is 11.4. The molecule has 2 N–H and O–H groups in total. The van der Waals surface area contributed by atoms with Gasteiger partial charge in [0.1, 0.15) is 0 Å². The lowest BCUT2D eigenvalue weighted by Crippen LogP contribution is -2.43. The Morgan fingerprint density at radius 2 is 1.87 bits per heavy atom. The van der Waals surface area contributed by atoms with Crippen LogP contribution in [0.5, 0.6) is 0 Å². The zero-order valence-corrected chi connectivity index (χ0v) is 9.67. The van der Waals surface area contributed by atoms with E-state index >= 15 is 0 Å². The monoisotopic (exact) mass is 212 g/mol. The lowest BCUT2D eigenvalue weighted by atomic mass is 10.1. The van der Waals surface area contributed by atoms with Crippen LogP contribution in [0.2, 0.25) is 0 Å². The van der Waals surface area contributed by atoms with E-state index in [0.717, 1.165) is 12.8 Å². The molecule has 86 valence electrons. The molecule has 1 saturated carbocycles. The van der Waals surface area contributed by atoms with Gasteiger partial charge in [0.25, 0.3) is 0 Å². The molecule has 1 unspecified atom stereocenters. The second-order valence-corrected chi connectivity index (χ2v) is 4.59. The number of amides is 2. The predicted octanol–water partition coefficient (Wildman–Crippen LogP) is 0.673. The summed E-state index contributed by atoms with van der Waals surface area (Å²) in [5, 5.41) is 5.48. The summed E-state index contributed by atoms with van der Waals surface area (Å²) in [7, 11) is 0.